The summed E-state index contributed by atoms with van der Waals surface area (Å²) in [6, 6.07) is 0. The van der Waals surface area contributed by atoms with E-state index in [1.165, 1.54) is 0 Å². The van der Waals surface area contributed by atoms with E-state index in [0.29, 0.717) is 5.92 Å². The highest BCUT2D eigenvalue weighted by molar-refractivity contribution is 5.68. The Morgan fingerprint density at radius 1 is 1.60 bits per heavy atom. The maximum absolute atomic E-state index is 9.92. The number of carboxylic acid groups (broad SMARTS) is 1. The van der Waals surface area contributed by atoms with E-state index in [-0.39, 0.29) is 12.7 Å². The molecule has 0 aliphatic heterocycles. The Morgan fingerprint density at radius 2 is 2.10 bits per heavy atom. The second-order valence-electron chi connectivity index (χ2n) is 2.42. The zero-order chi connectivity index (χ0) is 7.28. The second kappa shape index (κ2) is 6.51. The van der Waals surface area contributed by atoms with E-state index in [2.05, 4.69) is 5.32 Å². The lowest BCUT2D eigenvalue weighted by atomic mass is 10.2. The van der Waals surface area contributed by atoms with Gasteiger partial charge in [0.05, 0.1) is 6.54 Å². The summed E-state index contributed by atoms with van der Waals surface area (Å²) in [7, 11) is 0. The molecule has 0 aromatic rings. The first-order valence-corrected chi connectivity index (χ1v) is 3.05. The van der Waals surface area contributed by atoms with Gasteiger partial charge >= 0.3 is 5.97 Å². The number of hydrogen-bond acceptors (Lipinski definition) is 3. The van der Waals surface area contributed by atoms with Gasteiger partial charge in [0.15, 0.2) is 0 Å². The lowest BCUT2D eigenvalue weighted by Gasteiger charge is -2.02. The van der Waals surface area contributed by atoms with Crippen LogP contribution in [0.5, 0.6) is 0 Å². The molecule has 0 spiro atoms. The Labute approximate surface area is 61.2 Å². The molecule has 0 atom stereocenters. The SMILES string of the molecule is CC(C)CNCC(=O)O.N. The number of aliphatic carboxylic acids is 1. The molecule has 0 amide bonds. The predicted molar refractivity (Wildman–Crippen MR) is 40.4 cm³/mol. The van der Waals surface area contributed by atoms with Crippen molar-refractivity contribution < 1.29 is 9.90 Å². The molecule has 4 nitrogen and oxygen atoms in total. The van der Waals surface area contributed by atoms with E-state index < -0.39 is 5.97 Å². The number of carbonyl (C=O) groups is 1. The topological polar surface area (TPSA) is 84.3 Å². The minimum atomic E-state index is -0.796. The van der Waals surface area contributed by atoms with Gasteiger partial charge in [-0.1, -0.05) is 13.8 Å². The lowest BCUT2D eigenvalue weighted by Crippen LogP contribution is -2.26. The van der Waals surface area contributed by atoms with Gasteiger partial charge in [-0.25, -0.2) is 0 Å². The van der Waals surface area contributed by atoms with Crippen molar-refractivity contribution in [3.63, 3.8) is 0 Å². The van der Waals surface area contributed by atoms with Crippen LogP contribution in [0, 0.1) is 5.92 Å². The molecule has 62 valence electrons. The smallest absolute Gasteiger partial charge is 0.317 e. The third kappa shape index (κ3) is 10.4. The fourth-order valence-corrected chi connectivity index (χ4v) is 0.468. The van der Waals surface area contributed by atoms with Crippen molar-refractivity contribution in [2.24, 2.45) is 5.92 Å². The summed E-state index contributed by atoms with van der Waals surface area (Å²) >= 11 is 0. The molecule has 0 aromatic heterocycles. The summed E-state index contributed by atoms with van der Waals surface area (Å²) in [4.78, 5) is 9.92. The highest BCUT2D eigenvalue weighted by Gasteiger charge is 1.95. The maximum atomic E-state index is 9.92. The van der Waals surface area contributed by atoms with Crippen LogP contribution < -0.4 is 11.5 Å². The van der Waals surface area contributed by atoms with Crippen molar-refractivity contribution in [3.05, 3.63) is 0 Å². The van der Waals surface area contributed by atoms with E-state index >= 15 is 0 Å². The zero-order valence-corrected chi connectivity index (χ0v) is 6.55. The van der Waals surface area contributed by atoms with Crippen LogP contribution in [0.1, 0.15) is 13.8 Å². The van der Waals surface area contributed by atoms with Crippen LogP contribution in [0.2, 0.25) is 0 Å². The summed E-state index contributed by atoms with van der Waals surface area (Å²) in [5.41, 5.74) is 0. The molecule has 5 N–H and O–H groups in total. The van der Waals surface area contributed by atoms with Gasteiger partial charge in [-0.15, -0.1) is 0 Å². The van der Waals surface area contributed by atoms with Crippen molar-refractivity contribution in [2.45, 2.75) is 13.8 Å². The van der Waals surface area contributed by atoms with Crippen LogP contribution in [-0.4, -0.2) is 24.2 Å². The molecule has 0 rings (SSSR count). The van der Waals surface area contributed by atoms with Gasteiger partial charge in [-0.05, 0) is 12.5 Å². The van der Waals surface area contributed by atoms with Crippen LogP contribution in [0.25, 0.3) is 0 Å². The van der Waals surface area contributed by atoms with Gasteiger partial charge in [0.2, 0.25) is 0 Å². The van der Waals surface area contributed by atoms with E-state index in [9.17, 15) is 4.79 Å². The highest BCUT2D eigenvalue weighted by Crippen LogP contribution is 1.85. The van der Waals surface area contributed by atoms with Crippen LogP contribution >= 0.6 is 0 Å². The second-order valence-corrected chi connectivity index (χ2v) is 2.42. The molecule has 0 heterocycles. The summed E-state index contributed by atoms with van der Waals surface area (Å²) in [6.07, 6.45) is 0. The van der Waals surface area contributed by atoms with Crippen LogP contribution in [0.3, 0.4) is 0 Å². The maximum Gasteiger partial charge on any atom is 0.317 e. The van der Waals surface area contributed by atoms with Gasteiger partial charge in [0.1, 0.15) is 0 Å². The third-order valence-corrected chi connectivity index (χ3v) is 0.829. The zero-order valence-electron chi connectivity index (χ0n) is 6.55. The molecule has 0 unspecified atom stereocenters. The van der Waals surface area contributed by atoms with Gasteiger partial charge in [-0.3, -0.25) is 4.79 Å². The lowest BCUT2D eigenvalue weighted by molar-refractivity contribution is -0.135. The van der Waals surface area contributed by atoms with Gasteiger partial charge < -0.3 is 16.6 Å². The molecule has 0 fully saturated rings. The summed E-state index contributed by atoms with van der Waals surface area (Å²) < 4.78 is 0. The monoisotopic (exact) mass is 148 g/mol. The Hall–Kier alpha value is -0.610. The van der Waals surface area contributed by atoms with E-state index in [4.69, 9.17) is 5.11 Å². The fourth-order valence-electron chi connectivity index (χ4n) is 0.468. The van der Waals surface area contributed by atoms with Gasteiger partial charge in [-0.2, -0.15) is 0 Å². The molecule has 0 aliphatic carbocycles. The van der Waals surface area contributed by atoms with Crippen molar-refractivity contribution in [1.29, 1.82) is 0 Å². The number of rotatable bonds is 4. The summed E-state index contributed by atoms with van der Waals surface area (Å²) in [6.45, 7) is 4.91. The third-order valence-electron chi connectivity index (χ3n) is 0.829. The number of hydrogen-bond donors (Lipinski definition) is 3. The standard InChI is InChI=1S/C6H13NO2.H3N/c1-5(2)3-7-4-6(8)9;/h5,7H,3-4H2,1-2H3,(H,8,9);1H3. The Balaban J connectivity index is 0. The first-order valence-electron chi connectivity index (χ1n) is 3.05. The van der Waals surface area contributed by atoms with Crippen LogP contribution in [-0.2, 0) is 4.79 Å². The largest absolute Gasteiger partial charge is 0.480 e. The molecular weight excluding hydrogens is 132 g/mol. The quantitative estimate of drug-likeness (QED) is 0.541. The molecular formula is C6H16N2O2. The molecule has 0 saturated carbocycles. The summed E-state index contributed by atoms with van der Waals surface area (Å²) in [5, 5.41) is 10.9. The molecule has 0 aromatic carbocycles. The summed E-state index contributed by atoms with van der Waals surface area (Å²) in [5.74, 6) is -0.278. The van der Waals surface area contributed by atoms with E-state index in [1.807, 2.05) is 13.8 Å². The fraction of sp³-hybridized carbons (Fsp3) is 0.833. The van der Waals surface area contributed by atoms with Crippen molar-refractivity contribution >= 4 is 5.97 Å². The molecule has 10 heavy (non-hydrogen) atoms. The van der Waals surface area contributed by atoms with Gasteiger partial charge in [0, 0.05) is 0 Å². The van der Waals surface area contributed by atoms with Crippen molar-refractivity contribution in [3.8, 4) is 0 Å². The first-order chi connectivity index (χ1) is 4.13. The first kappa shape index (κ1) is 12.1. The van der Waals surface area contributed by atoms with Crippen molar-refractivity contribution in [2.75, 3.05) is 13.1 Å². The minimum Gasteiger partial charge on any atom is -0.480 e. The van der Waals surface area contributed by atoms with E-state index in [0.717, 1.165) is 6.54 Å². The van der Waals surface area contributed by atoms with Crippen LogP contribution in [0.15, 0.2) is 0 Å². The Morgan fingerprint density at radius 3 is 2.40 bits per heavy atom. The average molecular weight is 148 g/mol. The molecule has 0 saturated heterocycles. The minimum absolute atomic E-state index is 0. The van der Waals surface area contributed by atoms with Gasteiger partial charge in [0.25, 0.3) is 0 Å². The van der Waals surface area contributed by atoms with E-state index in [1.54, 1.807) is 0 Å². The highest BCUT2D eigenvalue weighted by atomic mass is 16.4. The normalized spacial score (nSPS) is 9.10. The number of carboxylic acids is 1. The Bertz CT molecular complexity index is 93.7. The molecule has 0 radical (unpaired) electrons. The molecule has 0 bridgehead atoms. The number of nitrogens with one attached hydrogen (secondary N) is 1. The Kier molecular flexibility index (Phi) is 7.88. The molecule has 0 aliphatic rings. The van der Waals surface area contributed by atoms with Crippen LogP contribution in [0.4, 0.5) is 0 Å². The van der Waals surface area contributed by atoms with Crippen molar-refractivity contribution in [1.82, 2.24) is 11.5 Å². The predicted octanol–water partition coefficient (Wildman–Crippen LogP) is 0.479. The molecule has 4 heteroatoms. The average Bonchev–Trinajstić information content (AvgIpc) is 1.63.